The fourth-order valence-electron chi connectivity index (χ4n) is 4.08. The van der Waals surface area contributed by atoms with Crippen LogP contribution >= 0.6 is 11.6 Å². The zero-order chi connectivity index (χ0) is 28.7. The van der Waals surface area contributed by atoms with Crippen LogP contribution in [0.25, 0.3) is 21.7 Å². The van der Waals surface area contributed by atoms with Crippen molar-refractivity contribution >= 4 is 39.2 Å². The minimum absolute atomic E-state index is 0.0969. The molecule has 0 fully saturated rings. The fourth-order valence-corrected chi connectivity index (χ4v) is 4.32. The van der Waals surface area contributed by atoms with E-state index in [1.807, 2.05) is 13.0 Å². The molecule has 0 bridgehead atoms. The van der Waals surface area contributed by atoms with Crippen LogP contribution in [0.15, 0.2) is 54.9 Å². The first-order valence-electron chi connectivity index (χ1n) is 12.6. The highest BCUT2D eigenvalue weighted by Gasteiger charge is 2.32. The molecule has 3 N–H and O–H groups in total. The largest absolute Gasteiger partial charge is 0.573 e. The molecule has 0 aliphatic rings. The third-order valence-corrected chi connectivity index (χ3v) is 6.25. The molecule has 1 amide bonds. The molecule has 212 valence electrons. The van der Waals surface area contributed by atoms with E-state index < -0.39 is 18.0 Å². The number of fused-ring (bicyclic) bond motifs is 3. The smallest absolute Gasteiger partial charge is 0.472 e. The second kappa shape index (κ2) is 13.1. The average Bonchev–Trinajstić information content (AvgIpc) is 2.90. The van der Waals surface area contributed by atoms with Gasteiger partial charge < -0.3 is 25.3 Å². The van der Waals surface area contributed by atoms with Gasteiger partial charge in [-0.3, -0.25) is 9.78 Å². The number of nitrogens with zero attached hydrogens (tertiary/aromatic N) is 2. The van der Waals surface area contributed by atoms with Gasteiger partial charge in [0.2, 0.25) is 11.8 Å². The monoisotopic (exact) mass is 576 g/mol. The number of hydrogen-bond donors (Lipinski definition) is 2. The van der Waals surface area contributed by atoms with Gasteiger partial charge in [-0.05, 0) is 62.2 Å². The van der Waals surface area contributed by atoms with Crippen LogP contribution in [0.5, 0.6) is 11.6 Å². The summed E-state index contributed by atoms with van der Waals surface area (Å²) in [5, 5.41) is 5.63. The molecule has 2 heterocycles. The summed E-state index contributed by atoms with van der Waals surface area (Å²) in [5.41, 5.74) is 7.12. The Bertz CT molecular complexity index is 1490. The lowest BCUT2D eigenvalue weighted by molar-refractivity contribution is -0.274. The van der Waals surface area contributed by atoms with Gasteiger partial charge in [-0.2, -0.15) is 0 Å². The second-order valence-electron chi connectivity index (χ2n) is 9.13. The number of nitrogens with two attached hydrogens (primary N) is 1. The molecule has 0 saturated carbocycles. The van der Waals surface area contributed by atoms with E-state index in [9.17, 15) is 18.0 Å². The van der Waals surface area contributed by atoms with Crippen molar-refractivity contribution in [2.24, 2.45) is 5.73 Å². The molecule has 2 aromatic heterocycles. The number of unbranched alkanes of at least 4 members (excludes halogenated alkanes) is 1. The van der Waals surface area contributed by atoms with Gasteiger partial charge >= 0.3 is 6.36 Å². The maximum absolute atomic E-state index is 12.4. The summed E-state index contributed by atoms with van der Waals surface area (Å²) in [5.74, 6) is -0.538. The Morgan fingerprint density at radius 3 is 2.67 bits per heavy atom. The van der Waals surface area contributed by atoms with Gasteiger partial charge in [0, 0.05) is 47.3 Å². The highest BCUT2D eigenvalue weighted by atomic mass is 35.5. The maximum Gasteiger partial charge on any atom is 0.573 e. The number of pyridine rings is 2. The molecule has 1 atom stereocenters. The number of alkyl halides is 3. The van der Waals surface area contributed by atoms with E-state index in [-0.39, 0.29) is 11.1 Å². The van der Waals surface area contributed by atoms with Crippen LogP contribution in [0.2, 0.25) is 5.02 Å². The van der Waals surface area contributed by atoms with E-state index in [4.69, 9.17) is 26.8 Å². The Morgan fingerprint density at radius 1 is 1.10 bits per heavy atom. The predicted molar refractivity (Wildman–Crippen MR) is 146 cm³/mol. The zero-order valence-electron chi connectivity index (χ0n) is 21.6. The van der Waals surface area contributed by atoms with Gasteiger partial charge in [-0.1, -0.05) is 23.7 Å². The average molecular weight is 577 g/mol. The van der Waals surface area contributed by atoms with Crippen molar-refractivity contribution < 1.29 is 32.2 Å². The molecular formula is C28H28ClF3N4O4. The number of ether oxygens (including phenoxy) is 3. The molecule has 1 unspecified atom stereocenters. The number of rotatable bonds is 13. The molecule has 0 saturated heterocycles. The van der Waals surface area contributed by atoms with Crippen LogP contribution in [-0.4, -0.2) is 48.1 Å². The van der Waals surface area contributed by atoms with Crippen molar-refractivity contribution in [2.45, 2.75) is 38.8 Å². The molecule has 40 heavy (non-hydrogen) atoms. The van der Waals surface area contributed by atoms with Crippen molar-refractivity contribution in [1.82, 2.24) is 15.3 Å². The topological polar surface area (TPSA) is 109 Å². The second-order valence-corrected chi connectivity index (χ2v) is 9.54. The van der Waals surface area contributed by atoms with E-state index in [0.717, 1.165) is 34.6 Å². The number of amides is 1. The van der Waals surface area contributed by atoms with Gasteiger partial charge in [0.05, 0.1) is 17.1 Å². The van der Waals surface area contributed by atoms with Crippen LogP contribution < -0.4 is 20.5 Å². The summed E-state index contributed by atoms with van der Waals surface area (Å²) < 4.78 is 52.8. The van der Waals surface area contributed by atoms with Crippen molar-refractivity contribution in [3.8, 4) is 11.6 Å². The zero-order valence-corrected chi connectivity index (χ0v) is 22.4. The Kier molecular flexibility index (Phi) is 9.62. The highest BCUT2D eigenvalue weighted by molar-refractivity contribution is 6.32. The van der Waals surface area contributed by atoms with Gasteiger partial charge in [0.1, 0.15) is 11.9 Å². The number of primary amides is 1. The van der Waals surface area contributed by atoms with E-state index in [2.05, 4.69) is 20.0 Å². The molecule has 0 radical (unpaired) electrons. The minimum atomic E-state index is -4.79. The van der Waals surface area contributed by atoms with Crippen LogP contribution in [-0.2, 0) is 11.3 Å². The number of halogens is 4. The third kappa shape index (κ3) is 7.93. The van der Waals surface area contributed by atoms with Crippen molar-refractivity contribution in [1.29, 1.82) is 0 Å². The van der Waals surface area contributed by atoms with E-state index >= 15 is 0 Å². The molecule has 0 spiro atoms. The van der Waals surface area contributed by atoms with E-state index in [1.165, 1.54) is 18.2 Å². The van der Waals surface area contributed by atoms with Crippen LogP contribution in [0.1, 0.15) is 35.7 Å². The normalized spacial score (nSPS) is 12.5. The molecular weight excluding hydrogens is 549 g/mol. The highest BCUT2D eigenvalue weighted by Crippen LogP contribution is 2.32. The molecule has 12 heteroatoms. The summed E-state index contributed by atoms with van der Waals surface area (Å²) in [4.78, 5) is 20.5. The standard InChI is InChI=1S/C28H28ClF3N4O4/c1-17(16-38-11-3-2-9-34-14-18-4-7-25(23(29)12-18)40-28(30,31)32)39-27-21-8-10-35-15-22(21)20-6-5-19(26(33)37)13-24(20)36-27/h4-8,10,12-13,15,17,34H,2-3,9,11,14,16H2,1H3,(H2,33,37). The van der Waals surface area contributed by atoms with Gasteiger partial charge in [-0.15, -0.1) is 13.2 Å². The lowest BCUT2D eigenvalue weighted by Crippen LogP contribution is -2.21. The Labute approximate surface area is 233 Å². The summed E-state index contributed by atoms with van der Waals surface area (Å²) in [7, 11) is 0. The molecule has 4 rings (SSSR count). The number of carbonyl (C=O) groups is 1. The van der Waals surface area contributed by atoms with Crippen molar-refractivity contribution in [2.75, 3.05) is 19.8 Å². The third-order valence-electron chi connectivity index (χ3n) is 5.95. The fraction of sp³-hybridized carbons (Fsp3) is 0.321. The SMILES string of the molecule is CC(COCCCCNCc1ccc(OC(F)(F)F)c(Cl)c1)Oc1nc2cc(C(N)=O)ccc2c2cnccc12. The summed E-state index contributed by atoms with van der Waals surface area (Å²) in [6, 6.07) is 11.1. The first-order valence-corrected chi connectivity index (χ1v) is 12.9. The summed E-state index contributed by atoms with van der Waals surface area (Å²) in [6.45, 7) is 3.92. The van der Waals surface area contributed by atoms with E-state index in [0.29, 0.717) is 43.3 Å². The molecule has 0 aliphatic carbocycles. The summed E-state index contributed by atoms with van der Waals surface area (Å²) in [6.07, 6.45) is -0.0271. The minimum Gasteiger partial charge on any atom is -0.472 e. The van der Waals surface area contributed by atoms with Gasteiger partial charge in [0.25, 0.3) is 0 Å². The predicted octanol–water partition coefficient (Wildman–Crippen LogP) is 5.79. The summed E-state index contributed by atoms with van der Waals surface area (Å²) >= 11 is 5.88. The molecule has 4 aromatic rings. The molecule has 8 nitrogen and oxygen atoms in total. The Balaban J connectivity index is 1.20. The first-order chi connectivity index (χ1) is 19.1. The Morgan fingerprint density at radius 2 is 1.93 bits per heavy atom. The van der Waals surface area contributed by atoms with Crippen LogP contribution in [0.4, 0.5) is 13.2 Å². The molecule has 0 aliphatic heterocycles. The lowest BCUT2D eigenvalue weighted by Gasteiger charge is -2.17. The van der Waals surface area contributed by atoms with Crippen molar-refractivity contribution in [3.05, 3.63) is 71.0 Å². The lowest BCUT2D eigenvalue weighted by atomic mass is 10.1. The first kappa shape index (κ1) is 29.3. The maximum atomic E-state index is 12.4. The number of carbonyl (C=O) groups excluding carboxylic acids is 1. The van der Waals surface area contributed by atoms with Crippen LogP contribution in [0, 0.1) is 0 Å². The quantitative estimate of drug-likeness (QED) is 0.153. The number of hydrogen-bond acceptors (Lipinski definition) is 7. The number of nitrogens with one attached hydrogen (secondary N) is 1. The molecule has 2 aromatic carbocycles. The van der Waals surface area contributed by atoms with Crippen molar-refractivity contribution in [3.63, 3.8) is 0 Å². The van der Waals surface area contributed by atoms with Crippen LogP contribution in [0.3, 0.4) is 0 Å². The Hall–Kier alpha value is -3.67. The number of aromatic nitrogens is 2. The van der Waals surface area contributed by atoms with Gasteiger partial charge in [-0.25, -0.2) is 4.98 Å². The van der Waals surface area contributed by atoms with E-state index in [1.54, 1.807) is 30.6 Å². The number of benzene rings is 2. The van der Waals surface area contributed by atoms with Gasteiger partial charge in [0.15, 0.2) is 0 Å².